The lowest BCUT2D eigenvalue weighted by atomic mass is 9.88. The SMILES string of the molecule is CCS(=O)(=O)N1CC(CC#N)(n2cc(-c3ncnc4[nH]ccc34)c3cnccc32)C1. The molecule has 5 heterocycles. The Labute approximate surface area is 173 Å². The largest absolute Gasteiger partial charge is 0.346 e. The lowest BCUT2D eigenvalue weighted by Crippen LogP contribution is -2.64. The van der Waals surface area contributed by atoms with Gasteiger partial charge >= 0.3 is 0 Å². The van der Waals surface area contributed by atoms with Gasteiger partial charge in [-0.25, -0.2) is 18.4 Å². The van der Waals surface area contributed by atoms with Crippen molar-refractivity contribution in [1.82, 2.24) is 28.8 Å². The fourth-order valence-corrected chi connectivity index (χ4v) is 5.47. The molecule has 30 heavy (non-hydrogen) atoms. The fourth-order valence-electron chi connectivity index (χ4n) is 4.23. The van der Waals surface area contributed by atoms with E-state index in [1.54, 1.807) is 19.3 Å². The molecule has 152 valence electrons. The summed E-state index contributed by atoms with van der Waals surface area (Å²) in [6.45, 7) is 2.17. The van der Waals surface area contributed by atoms with Crippen LogP contribution in [0.1, 0.15) is 13.3 Å². The van der Waals surface area contributed by atoms with Gasteiger partial charge in [0.1, 0.15) is 12.0 Å². The summed E-state index contributed by atoms with van der Waals surface area (Å²) in [5.41, 5.74) is 2.65. The Bertz CT molecular complexity index is 1410. The third-order valence-corrected chi connectivity index (χ3v) is 7.61. The van der Waals surface area contributed by atoms with Gasteiger partial charge in [-0.2, -0.15) is 9.57 Å². The monoisotopic (exact) mass is 421 g/mol. The third kappa shape index (κ3) is 2.63. The van der Waals surface area contributed by atoms with Crippen molar-refractivity contribution in [2.45, 2.75) is 18.9 Å². The van der Waals surface area contributed by atoms with Crippen LogP contribution < -0.4 is 0 Å². The van der Waals surface area contributed by atoms with Crippen LogP contribution in [-0.2, 0) is 15.6 Å². The molecule has 0 aromatic carbocycles. The number of pyridine rings is 1. The molecule has 1 N–H and O–H groups in total. The van der Waals surface area contributed by atoms with Crippen molar-refractivity contribution >= 4 is 32.0 Å². The zero-order valence-electron chi connectivity index (χ0n) is 16.3. The minimum Gasteiger partial charge on any atom is -0.346 e. The summed E-state index contributed by atoms with van der Waals surface area (Å²) in [6.07, 6.45) is 8.98. The van der Waals surface area contributed by atoms with E-state index < -0.39 is 15.6 Å². The first-order valence-electron chi connectivity index (χ1n) is 9.58. The van der Waals surface area contributed by atoms with E-state index >= 15 is 0 Å². The van der Waals surface area contributed by atoms with Crippen molar-refractivity contribution in [3.05, 3.63) is 43.2 Å². The average molecular weight is 421 g/mol. The molecular weight excluding hydrogens is 402 g/mol. The summed E-state index contributed by atoms with van der Waals surface area (Å²) in [6, 6.07) is 6.07. The minimum atomic E-state index is -3.31. The van der Waals surface area contributed by atoms with Crippen LogP contribution in [0.2, 0.25) is 0 Å². The number of hydrogen-bond donors (Lipinski definition) is 1. The first-order chi connectivity index (χ1) is 14.5. The summed E-state index contributed by atoms with van der Waals surface area (Å²) in [4.78, 5) is 16.1. The predicted octanol–water partition coefficient (Wildman–Crippen LogP) is 2.25. The van der Waals surface area contributed by atoms with Crippen LogP contribution >= 0.6 is 0 Å². The molecule has 0 radical (unpaired) electrons. The van der Waals surface area contributed by atoms with Crippen LogP contribution in [0.4, 0.5) is 0 Å². The van der Waals surface area contributed by atoms with Crippen LogP contribution in [0, 0.1) is 11.3 Å². The number of sulfonamides is 1. The van der Waals surface area contributed by atoms with E-state index in [-0.39, 0.29) is 25.3 Å². The van der Waals surface area contributed by atoms with E-state index in [0.717, 1.165) is 33.2 Å². The van der Waals surface area contributed by atoms with Crippen molar-refractivity contribution in [2.75, 3.05) is 18.8 Å². The highest BCUT2D eigenvalue weighted by molar-refractivity contribution is 7.89. The first-order valence-corrected chi connectivity index (χ1v) is 11.2. The number of fused-ring (bicyclic) bond motifs is 2. The highest BCUT2D eigenvalue weighted by Crippen LogP contribution is 2.41. The molecule has 9 nitrogen and oxygen atoms in total. The van der Waals surface area contributed by atoms with Gasteiger partial charge in [-0.1, -0.05) is 0 Å². The van der Waals surface area contributed by atoms with E-state index in [2.05, 4.69) is 26.0 Å². The van der Waals surface area contributed by atoms with Crippen molar-refractivity contribution in [2.24, 2.45) is 0 Å². The Morgan fingerprint density at radius 3 is 2.87 bits per heavy atom. The molecule has 1 aliphatic rings. The molecule has 0 amide bonds. The van der Waals surface area contributed by atoms with Crippen molar-refractivity contribution in [3.8, 4) is 17.3 Å². The van der Waals surface area contributed by atoms with E-state index in [1.165, 1.54) is 10.6 Å². The van der Waals surface area contributed by atoms with Crippen LogP contribution in [-0.4, -0.2) is 56.1 Å². The van der Waals surface area contributed by atoms with Crippen LogP contribution in [0.25, 0.3) is 33.2 Å². The van der Waals surface area contributed by atoms with Gasteiger partial charge in [-0.15, -0.1) is 0 Å². The van der Waals surface area contributed by atoms with Gasteiger partial charge < -0.3 is 9.55 Å². The average Bonchev–Trinajstić information content (AvgIpc) is 3.35. The maximum atomic E-state index is 12.3. The number of rotatable bonds is 5. The fraction of sp³-hybridized carbons (Fsp3) is 0.300. The molecule has 0 bridgehead atoms. The van der Waals surface area contributed by atoms with Gasteiger partial charge in [0.2, 0.25) is 10.0 Å². The quantitative estimate of drug-likeness (QED) is 0.528. The molecule has 0 unspecified atom stereocenters. The third-order valence-electron chi connectivity index (χ3n) is 5.83. The first kappa shape index (κ1) is 18.7. The van der Waals surface area contributed by atoms with Gasteiger partial charge in [-0.05, 0) is 19.1 Å². The van der Waals surface area contributed by atoms with Gasteiger partial charge in [-0.3, -0.25) is 4.98 Å². The van der Waals surface area contributed by atoms with Crippen LogP contribution in [0.5, 0.6) is 0 Å². The Kier molecular flexibility index (Phi) is 4.13. The molecular formula is C20H19N7O2S. The Morgan fingerprint density at radius 2 is 2.10 bits per heavy atom. The summed E-state index contributed by atoms with van der Waals surface area (Å²) in [7, 11) is -3.31. The van der Waals surface area contributed by atoms with Gasteiger partial charge in [0.05, 0.1) is 35.0 Å². The number of nitriles is 1. The molecule has 0 aliphatic carbocycles. The number of nitrogens with one attached hydrogen (secondary N) is 1. The number of nitrogens with zero attached hydrogens (tertiary/aromatic N) is 6. The molecule has 0 spiro atoms. The Hall–Kier alpha value is -3.29. The van der Waals surface area contributed by atoms with Crippen molar-refractivity contribution < 1.29 is 8.42 Å². The maximum Gasteiger partial charge on any atom is 0.213 e. The predicted molar refractivity (Wildman–Crippen MR) is 112 cm³/mol. The van der Waals surface area contributed by atoms with Gasteiger partial charge in [0, 0.05) is 54.2 Å². The smallest absolute Gasteiger partial charge is 0.213 e. The van der Waals surface area contributed by atoms with E-state index in [0.29, 0.717) is 0 Å². The highest BCUT2D eigenvalue weighted by atomic mass is 32.2. The van der Waals surface area contributed by atoms with Crippen LogP contribution in [0.15, 0.2) is 43.2 Å². The van der Waals surface area contributed by atoms with E-state index in [9.17, 15) is 13.7 Å². The normalized spacial score (nSPS) is 16.5. The second-order valence-electron chi connectivity index (χ2n) is 7.50. The Morgan fingerprint density at radius 1 is 1.27 bits per heavy atom. The molecule has 1 aliphatic heterocycles. The molecule has 10 heteroatoms. The molecule has 0 saturated carbocycles. The Balaban J connectivity index is 1.70. The van der Waals surface area contributed by atoms with E-state index in [4.69, 9.17) is 0 Å². The number of aromatic nitrogens is 5. The number of H-pyrrole nitrogens is 1. The lowest BCUT2D eigenvalue weighted by Gasteiger charge is -2.49. The summed E-state index contributed by atoms with van der Waals surface area (Å²) >= 11 is 0. The number of hydrogen-bond acceptors (Lipinski definition) is 6. The second kappa shape index (κ2) is 6.62. The maximum absolute atomic E-state index is 12.3. The standard InChI is InChI=1S/C20H19N7O2S/c1-2-30(28,29)26-11-20(12-26,5-6-21)27-10-16(15-9-22-7-4-17(15)27)18-14-3-8-23-19(14)25-13-24-18/h3-4,7-10,13H,2,5,11-12H2,1H3,(H,23,24,25). The van der Waals surface area contributed by atoms with E-state index in [1.807, 2.05) is 29.1 Å². The van der Waals surface area contributed by atoms with Gasteiger partial charge in [0.15, 0.2) is 0 Å². The van der Waals surface area contributed by atoms with Crippen molar-refractivity contribution in [3.63, 3.8) is 0 Å². The van der Waals surface area contributed by atoms with Gasteiger partial charge in [0.25, 0.3) is 0 Å². The lowest BCUT2D eigenvalue weighted by molar-refractivity contribution is 0.0893. The number of aromatic amines is 1. The molecule has 1 saturated heterocycles. The molecule has 5 rings (SSSR count). The molecule has 0 atom stereocenters. The summed E-state index contributed by atoms with van der Waals surface area (Å²) in [5, 5.41) is 11.3. The summed E-state index contributed by atoms with van der Waals surface area (Å²) < 4.78 is 28.1. The highest BCUT2D eigenvalue weighted by Gasteiger charge is 2.49. The molecule has 4 aromatic rings. The van der Waals surface area contributed by atoms with Crippen LogP contribution in [0.3, 0.4) is 0 Å². The summed E-state index contributed by atoms with van der Waals surface area (Å²) in [5.74, 6) is 0.0453. The zero-order chi connectivity index (χ0) is 20.9. The molecule has 1 fully saturated rings. The second-order valence-corrected chi connectivity index (χ2v) is 9.75. The van der Waals surface area contributed by atoms with Crippen molar-refractivity contribution in [1.29, 1.82) is 5.26 Å². The zero-order valence-corrected chi connectivity index (χ0v) is 17.1. The minimum absolute atomic E-state index is 0.0453. The topological polar surface area (TPSA) is 121 Å². The molecule has 4 aromatic heterocycles.